The number of nitrogens with one attached hydrogen (secondary N) is 3. The number of fused-ring (bicyclic) bond motifs is 3. The highest BCUT2D eigenvalue weighted by molar-refractivity contribution is 7.17. The van der Waals surface area contributed by atoms with Gasteiger partial charge in [0.15, 0.2) is 16.6 Å². The van der Waals surface area contributed by atoms with Gasteiger partial charge in [-0.25, -0.2) is 9.78 Å². The number of esters is 1. The van der Waals surface area contributed by atoms with E-state index in [0.29, 0.717) is 70.0 Å². The fourth-order valence-electron chi connectivity index (χ4n) is 5.34. The number of aryl methyl sites for hydroxylation is 2. The van der Waals surface area contributed by atoms with Gasteiger partial charge in [-0.2, -0.15) is 0 Å². The number of rotatable bonds is 12. The van der Waals surface area contributed by atoms with Crippen LogP contribution in [-0.2, 0) is 20.7 Å². The van der Waals surface area contributed by atoms with Crippen LogP contribution in [0.2, 0.25) is 0 Å². The largest absolute Gasteiger partial charge is 0.493 e. The lowest BCUT2D eigenvalue weighted by Gasteiger charge is -2.19. The molecule has 3 N–H and O–H groups in total. The summed E-state index contributed by atoms with van der Waals surface area (Å²) < 4.78 is 22.1. The van der Waals surface area contributed by atoms with Crippen molar-refractivity contribution in [3.8, 4) is 28.4 Å². The summed E-state index contributed by atoms with van der Waals surface area (Å²) in [6.45, 7) is 5.45. The standard InChI is InChI=1S/C32H38N4O8S/c1-7-44-31(40)30-17(2)34-32(45-30)36-26(39)9-8-14-33-23-13-11-20-21(16-24(23)38)22(35-18(3)37)12-10-19-15-25(41-4)28(42-5)29(43-6)27(19)20/h11,13,15-16,22H,7-10,12,14H2,1-6H3,(H,33,38)(H,35,37)(H,34,36,39). The molecule has 0 saturated carbocycles. The topological polar surface area (TPSA) is 154 Å². The number of benzene rings is 1. The zero-order valence-corrected chi connectivity index (χ0v) is 27.1. The monoisotopic (exact) mass is 638 g/mol. The molecule has 0 fully saturated rings. The van der Waals surface area contributed by atoms with Crippen molar-refractivity contribution in [2.24, 2.45) is 0 Å². The first-order chi connectivity index (χ1) is 21.6. The SMILES string of the molecule is CCOC(=O)c1sc(NC(=O)CCCNc2ccc3c(cc2=O)C(NC(C)=O)CCc2cc(OC)c(OC)c(OC)c2-3)nc1C. The molecule has 45 heavy (non-hydrogen) atoms. The molecule has 0 radical (unpaired) electrons. The maximum Gasteiger partial charge on any atom is 0.350 e. The number of thiazole rings is 1. The molecular formula is C32H38N4O8S. The maximum atomic E-state index is 13.5. The van der Waals surface area contributed by atoms with Crippen LogP contribution in [0.15, 0.2) is 29.1 Å². The summed E-state index contributed by atoms with van der Waals surface area (Å²) in [4.78, 5) is 54.8. The Hall–Kier alpha value is -4.65. The Balaban J connectivity index is 1.56. The molecule has 0 spiro atoms. The van der Waals surface area contributed by atoms with Crippen molar-refractivity contribution < 1.29 is 33.3 Å². The van der Waals surface area contributed by atoms with Crippen molar-refractivity contribution in [2.45, 2.75) is 52.5 Å². The highest BCUT2D eigenvalue weighted by Crippen LogP contribution is 2.50. The second-order valence-electron chi connectivity index (χ2n) is 10.3. The van der Waals surface area contributed by atoms with Crippen LogP contribution in [0.25, 0.3) is 11.1 Å². The number of anilines is 2. The van der Waals surface area contributed by atoms with E-state index in [9.17, 15) is 19.2 Å². The number of methoxy groups -OCH3 is 3. The van der Waals surface area contributed by atoms with Gasteiger partial charge in [0.2, 0.25) is 23.0 Å². The number of aromatic nitrogens is 1. The van der Waals surface area contributed by atoms with Gasteiger partial charge in [-0.05, 0) is 68.0 Å². The van der Waals surface area contributed by atoms with Crippen LogP contribution >= 0.6 is 11.3 Å². The van der Waals surface area contributed by atoms with E-state index in [2.05, 4.69) is 20.9 Å². The van der Waals surface area contributed by atoms with Crippen molar-refractivity contribution in [3.05, 3.63) is 56.2 Å². The van der Waals surface area contributed by atoms with E-state index in [1.807, 2.05) is 12.1 Å². The van der Waals surface area contributed by atoms with Crippen LogP contribution in [0.4, 0.5) is 10.8 Å². The lowest BCUT2D eigenvalue weighted by molar-refractivity contribution is -0.119. The molecule has 240 valence electrons. The number of nitrogens with zero attached hydrogens (tertiary/aromatic N) is 1. The van der Waals surface area contributed by atoms with Gasteiger partial charge in [0.25, 0.3) is 0 Å². The predicted octanol–water partition coefficient (Wildman–Crippen LogP) is 4.64. The summed E-state index contributed by atoms with van der Waals surface area (Å²) in [6.07, 6.45) is 1.75. The average Bonchev–Trinajstić information content (AvgIpc) is 3.21. The van der Waals surface area contributed by atoms with Crippen molar-refractivity contribution in [1.29, 1.82) is 0 Å². The number of ether oxygens (including phenoxy) is 4. The molecule has 1 aliphatic carbocycles. The minimum absolute atomic E-state index is 0.167. The smallest absolute Gasteiger partial charge is 0.350 e. The van der Waals surface area contributed by atoms with Gasteiger partial charge in [0.05, 0.1) is 45.4 Å². The third-order valence-electron chi connectivity index (χ3n) is 7.32. The van der Waals surface area contributed by atoms with E-state index in [1.165, 1.54) is 14.0 Å². The van der Waals surface area contributed by atoms with Gasteiger partial charge in [-0.1, -0.05) is 17.4 Å². The van der Waals surface area contributed by atoms with Crippen LogP contribution in [-0.4, -0.2) is 57.2 Å². The van der Waals surface area contributed by atoms with Gasteiger partial charge >= 0.3 is 5.97 Å². The van der Waals surface area contributed by atoms with E-state index in [-0.39, 0.29) is 30.3 Å². The Morgan fingerprint density at radius 3 is 2.49 bits per heavy atom. The van der Waals surface area contributed by atoms with E-state index in [4.69, 9.17) is 18.9 Å². The lowest BCUT2D eigenvalue weighted by atomic mass is 9.95. The minimum Gasteiger partial charge on any atom is -0.493 e. The highest BCUT2D eigenvalue weighted by Gasteiger charge is 2.29. The van der Waals surface area contributed by atoms with Crippen LogP contribution in [0.1, 0.15) is 65.6 Å². The van der Waals surface area contributed by atoms with Gasteiger partial charge in [0.1, 0.15) is 4.88 Å². The number of hydrogen-bond donors (Lipinski definition) is 3. The van der Waals surface area contributed by atoms with Crippen LogP contribution in [0.3, 0.4) is 0 Å². The number of hydrogen-bond acceptors (Lipinski definition) is 11. The van der Waals surface area contributed by atoms with Gasteiger partial charge in [-0.3, -0.25) is 14.4 Å². The third-order valence-corrected chi connectivity index (χ3v) is 8.37. The molecule has 2 aromatic carbocycles. The van der Waals surface area contributed by atoms with E-state index < -0.39 is 12.0 Å². The van der Waals surface area contributed by atoms with Gasteiger partial charge < -0.3 is 34.9 Å². The zero-order valence-electron chi connectivity index (χ0n) is 26.3. The number of carbonyl (C=O) groups excluding carboxylic acids is 3. The van der Waals surface area contributed by atoms with Crippen molar-refractivity contribution >= 4 is 39.9 Å². The summed E-state index contributed by atoms with van der Waals surface area (Å²) >= 11 is 1.07. The van der Waals surface area contributed by atoms with Gasteiger partial charge in [-0.15, -0.1) is 0 Å². The van der Waals surface area contributed by atoms with Crippen molar-refractivity contribution in [2.75, 3.05) is 45.1 Å². The van der Waals surface area contributed by atoms with E-state index in [1.54, 1.807) is 40.2 Å². The Morgan fingerprint density at radius 2 is 1.82 bits per heavy atom. The van der Waals surface area contributed by atoms with Crippen molar-refractivity contribution in [3.63, 3.8) is 0 Å². The molecule has 13 heteroatoms. The summed E-state index contributed by atoms with van der Waals surface area (Å²) in [5.41, 5.74) is 3.66. The first-order valence-corrected chi connectivity index (χ1v) is 15.4. The molecule has 1 atom stereocenters. The van der Waals surface area contributed by atoms with Crippen LogP contribution in [0, 0.1) is 6.92 Å². The summed E-state index contributed by atoms with van der Waals surface area (Å²) in [5, 5.41) is 9.19. The summed E-state index contributed by atoms with van der Waals surface area (Å²) in [7, 11) is 4.64. The summed E-state index contributed by atoms with van der Waals surface area (Å²) in [6, 6.07) is 6.57. The fraction of sp³-hybridized carbons (Fsp3) is 0.406. The Labute approximate surface area is 265 Å². The minimum atomic E-state index is -0.469. The lowest BCUT2D eigenvalue weighted by Crippen LogP contribution is -2.26. The quantitative estimate of drug-likeness (QED) is 0.189. The van der Waals surface area contributed by atoms with Crippen molar-refractivity contribution in [1.82, 2.24) is 10.3 Å². The van der Waals surface area contributed by atoms with Crippen LogP contribution < -0.4 is 35.6 Å². The molecule has 0 bridgehead atoms. The molecule has 4 rings (SSSR count). The number of amides is 2. The first-order valence-electron chi connectivity index (χ1n) is 14.6. The normalized spacial score (nSPS) is 13.4. The fourth-order valence-corrected chi connectivity index (χ4v) is 6.22. The molecule has 12 nitrogen and oxygen atoms in total. The van der Waals surface area contributed by atoms with Gasteiger partial charge in [0, 0.05) is 25.5 Å². The Kier molecular flexibility index (Phi) is 11.0. The maximum absolute atomic E-state index is 13.5. The summed E-state index contributed by atoms with van der Waals surface area (Å²) in [5.74, 6) is 0.481. The van der Waals surface area contributed by atoms with Crippen LogP contribution in [0.5, 0.6) is 17.2 Å². The zero-order chi connectivity index (χ0) is 32.7. The predicted molar refractivity (Wildman–Crippen MR) is 172 cm³/mol. The molecule has 1 heterocycles. The second kappa shape index (κ2) is 14.9. The molecule has 0 aliphatic heterocycles. The molecule has 1 aliphatic rings. The molecule has 3 aromatic rings. The average molecular weight is 639 g/mol. The first kappa shape index (κ1) is 33.2. The number of carbonyl (C=O) groups is 3. The molecule has 1 unspecified atom stereocenters. The Bertz CT molecular complexity index is 1660. The van der Waals surface area contributed by atoms with E-state index >= 15 is 0 Å². The molecule has 0 saturated heterocycles. The Morgan fingerprint density at radius 1 is 1.07 bits per heavy atom. The molecular weight excluding hydrogens is 600 g/mol. The van der Waals surface area contributed by atoms with E-state index in [0.717, 1.165) is 28.0 Å². The molecule has 1 aromatic heterocycles. The second-order valence-corrected chi connectivity index (χ2v) is 11.3. The highest BCUT2D eigenvalue weighted by atomic mass is 32.1. The third kappa shape index (κ3) is 7.54. The molecule has 2 amide bonds.